The first-order valence-electron chi connectivity index (χ1n) is 7.43. The second-order valence-corrected chi connectivity index (χ2v) is 6.33. The fraction of sp³-hybridized carbons (Fsp3) is 0.167. The molecule has 24 heavy (non-hydrogen) atoms. The maximum absolute atomic E-state index is 13.2. The molecule has 0 aliphatic carbocycles. The van der Waals surface area contributed by atoms with Crippen LogP contribution in [0.1, 0.15) is 18.7 Å². The lowest BCUT2D eigenvalue weighted by molar-refractivity contribution is 0.348. The molecule has 3 nitrogen and oxygen atoms in total. The summed E-state index contributed by atoms with van der Waals surface area (Å²) in [5.41, 5.74) is 1.48. The highest BCUT2D eigenvalue weighted by Gasteiger charge is 2.18. The second-order valence-electron chi connectivity index (χ2n) is 5.53. The van der Waals surface area contributed by atoms with E-state index in [1.165, 1.54) is 12.1 Å². The Labute approximate surface area is 150 Å². The van der Waals surface area contributed by atoms with E-state index in [1.807, 2.05) is 49.2 Å². The summed E-state index contributed by atoms with van der Waals surface area (Å²) in [6.07, 6.45) is 0. The summed E-state index contributed by atoms with van der Waals surface area (Å²) in [7, 11) is 1.87. The number of furan rings is 1. The van der Waals surface area contributed by atoms with Crippen molar-refractivity contribution < 1.29 is 8.81 Å². The van der Waals surface area contributed by atoms with Gasteiger partial charge in [0.2, 0.25) is 0 Å². The molecule has 0 spiro atoms. The van der Waals surface area contributed by atoms with Crippen LogP contribution >= 0.6 is 23.8 Å². The van der Waals surface area contributed by atoms with Gasteiger partial charge in [-0.3, -0.25) is 0 Å². The zero-order valence-corrected chi connectivity index (χ0v) is 14.8. The minimum Gasteiger partial charge on any atom is -0.459 e. The van der Waals surface area contributed by atoms with Gasteiger partial charge in [0.1, 0.15) is 17.2 Å². The number of hydrogen-bond donors (Lipinski definition) is 1. The molecule has 0 fully saturated rings. The van der Waals surface area contributed by atoms with E-state index in [0.717, 1.165) is 16.7 Å². The molecule has 124 valence electrons. The van der Waals surface area contributed by atoms with Crippen molar-refractivity contribution in [3.63, 3.8) is 0 Å². The van der Waals surface area contributed by atoms with Gasteiger partial charge < -0.3 is 14.6 Å². The van der Waals surface area contributed by atoms with Gasteiger partial charge in [0, 0.05) is 18.1 Å². The maximum Gasteiger partial charge on any atom is 0.173 e. The third-order valence-electron chi connectivity index (χ3n) is 3.93. The van der Waals surface area contributed by atoms with Crippen molar-refractivity contribution in [1.29, 1.82) is 0 Å². The summed E-state index contributed by atoms with van der Waals surface area (Å²) in [5.74, 6) is 0.358. The molecule has 1 aromatic heterocycles. The van der Waals surface area contributed by atoms with Crippen molar-refractivity contribution in [2.24, 2.45) is 0 Å². The highest BCUT2D eigenvalue weighted by atomic mass is 35.5. The van der Waals surface area contributed by atoms with Crippen molar-refractivity contribution in [2.75, 3.05) is 12.4 Å². The molecule has 0 amide bonds. The van der Waals surface area contributed by atoms with Crippen molar-refractivity contribution in [3.8, 4) is 0 Å². The van der Waals surface area contributed by atoms with Gasteiger partial charge in [0.15, 0.2) is 5.11 Å². The highest BCUT2D eigenvalue weighted by Crippen LogP contribution is 2.27. The molecule has 0 radical (unpaired) electrons. The van der Waals surface area contributed by atoms with Gasteiger partial charge in [-0.2, -0.15) is 0 Å². The van der Waals surface area contributed by atoms with Crippen LogP contribution in [0.2, 0.25) is 5.02 Å². The van der Waals surface area contributed by atoms with E-state index in [1.54, 1.807) is 6.07 Å². The van der Waals surface area contributed by atoms with Gasteiger partial charge in [-0.15, -0.1) is 0 Å². The van der Waals surface area contributed by atoms with Crippen LogP contribution in [0.4, 0.5) is 10.1 Å². The number of anilines is 1. The third-order valence-corrected chi connectivity index (χ3v) is 4.61. The van der Waals surface area contributed by atoms with E-state index >= 15 is 0 Å². The molecule has 1 atom stereocenters. The molecule has 0 aliphatic rings. The van der Waals surface area contributed by atoms with E-state index in [-0.39, 0.29) is 11.1 Å². The van der Waals surface area contributed by atoms with Crippen LogP contribution in [0, 0.1) is 5.82 Å². The molecule has 0 aliphatic heterocycles. The number of para-hydroxylation sites is 1. The average molecular weight is 363 g/mol. The van der Waals surface area contributed by atoms with Crippen molar-refractivity contribution in [1.82, 2.24) is 4.90 Å². The van der Waals surface area contributed by atoms with E-state index in [9.17, 15) is 4.39 Å². The first-order valence-corrected chi connectivity index (χ1v) is 8.21. The maximum atomic E-state index is 13.2. The predicted octanol–water partition coefficient (Wildman–Crippen LogP) is 5.62. The lowest BCUT2D eigenvalue weighted by Gasteiger charge is -2.26. The zero-order valence-electron chi connectivity index (χ0n) is 13.2. The molecule has 1 N–H and O–H groups in total. The minimum atomic E-state index is -0.461. The number of nitrogens with zero attached hydrogens (tertiary/aromatic N) is 1. The molecule has 0 saturated carbocycles. The summed E-state index contributed by atoms with van der Waals surface area (Å²) in [6, 6.07) is 14.2. The predicted molar refractivity (Wildman–Crippen MR) is 100 cm³/mol. The fourth-order valence-corrected chi connectivity index (χ4v) is 2.82. The first-order chi connectivity index (χ1) is 11.5. The van der Waals surface area contributed by atoms with Crippen LogP contribution in [0.5, 0.6) is 0 Å². The van der Waals surface area contributed by atoms with Gasteiger partial charge in [-0.1, -0.05) is 29.8 Å². The molecule has 0 unspecified atom stereocenters. The number of fused-ring (bicyclic) bond motifs is 1. The van der Waals surface area contributed by atoms with E-state index < -0.39 is 5.82 Å². The summed E-state index contributed by atoms with van der Waals surface area (Å²) >= 11 is 11.2. The normalized spacial score (nSPS) is 12.2. The minimum absolute atomic E-state index is 0.0517. The molecule has 1 heterocycles. The zero-order chi connectivity index (χ0) is 17.3. The van der Waals surface area contributed by atoms with Crippen molar-refractivity contribution in [3.05, 3.63) is 65.1 Å². The van der Waals surface area contributed by atoms with Gasteiger partial charge in [-0.25, -0.2) is 4.39 Å². The van der Waals surface area contributed by atoms with Gasteiger partial charge in [-0.05, 0) is 49.5 Å². The number of hydrogen-bond acceptors (Lipinski definition) is 2. The number of thiocarbonyl (C=S) groups is 1. The Balaban J connectivity index is 1.75. The Kier molecular flexibility index (Phi) is 4.73. The Hall–Kier alpha value is -2.11. The number of halogens is 2. The molecule has 6 heteroatoms. The van der Waals surface area contributed by atoms with Crippen LogP contribution in [-0.2, 0) is 0 Å². The lowest BCUT2D eigenvalue weighted by atomic mass is 10.2. The fourth-order valence-electron chi connectivity index (χ4n) is 2.36. The van der Waals surface area contributed by atoms with Gasteiger partial charge in [0.05, 0.1) is 11.1 Å². The Morgan fingerprint density at radius 1 is 1.25 bits per heavy atom. The monoisotopic (exact) mass is 362 g/mol. The third kappa shape index (κ3) is 3.37. The molecular weight excluding hydrogens is 347 g/mol. The first kappa shape index (κ1) is 16.7. The van der Waals surface area contributed by atoms with Crippen LogP contribution in [0.15, 0.2) is 52.9 Å². The Bertz CT molecular complexity index is 863. The van der Waals surface area contributed by atoms with Crippen LogP contribution in [0.3, 0.4) is 0 Å². The summed E-state index contributed by atoms with van der Waals surface area (Å²) in [4.78, 5) is 1.88. The van der Waals surface area contributed by atoms with Crippen molar-refractivity contribution in [2.45, 2.75) is 13.0 Å². The van der Waals surface area contributed by atoms with Gasteiger partial charge >= 0.3 is 0 Å². The SMILES string of the molecule is C[C@@H](c1cc2ccccc2o1)N(C)C(=S)Nc1ccc(F)c(Cl)c1. The van der Waals surface area contributed by atoms with Crippen LogP contribution in [0.25, 0.3) is 11.0 Å². The standard InChI is InChI=1S/C18H16ClFN2OS/c1-11(17-9-12-5-3-4-6-16(12)23-17)22(2)18(24)21-13-7-8-15(20)14(19)10-13/h3-11H,1-2H3,(H,21,24)/t11-/m0/s1. The topological polar surface area (TPSA) is 28.4 Å². The highest BCUT2D eigenvalue weighted by molar-refractivity contribution is 7.80. The van der Waals surface area contributed by atoms with Gasteiger partial charge in [0.25, 0.3) is 0 Å². The van der Waals surface area contributed by atoms with Crippen LogP contribution < -0.4 is 5.32 Å². The largest absolute Gasteiger partial charge is 0.459 e. The molecule has 0 saturated heterocycles. The molecular formula is C18H16ClFN2OS. The van der Waals surface area contributed by atoms with E-state index in [2.05, 4.69) is 5.32 Å². The average Bonchev–Trinajstić information content (AvgIpc) is 3.01. The quantitative estimate of drug-likeness (QED) is 0.612. The molecule has 0 bridgehead atoms. The summed E-state index contributed by atoms with van der Waals surface area (Å²) < 4.78 is 19.1. The van der Waals surface area contributed by atoms with Crippen molar-refractivity contribution >= 4 is 45.6 Å². The summed E-state index contributed by atoms with van der Waals surface area (Å²) in [6.45, 7) is 2.00. The van der Waals surface area contributed by atoms with E-state index in [4.69, 9.17) is 28.2 Å². The lowest BCUT2D eigenvalue weighted by Crippen LogP contribution is -2.33. The summed E-state index contributed by atoms with van der Waals surface area (Å²) in [5, 5.41) is 4.65. The number of benzene rings is 2. The number of nitrogens with one attached hydrogen (secondary N) is 1. The number of rotatable bonds is 3. The second kappa shape index (κ2) is 6.79. The van der Waals surface area contributed by atoms with E-state index in [0.29, 0.717) is 10.8 Å². The Morgan fingerprint density at radius 2 is 2.00 bits per heavy atom. The smallest absolute Gasteiger partial charge is 0.173 e. The molecule has 2 aromatic carbocycles. The Morgan fingerprint density at radius 3 is 2.71 bits per heavy atom. The van der Waals surface area contributed by atoms with Crippen LogP contribution in [-0.4, -0.2) is 17.1 Å². The molecule has 3 aromatic rings. The molecule has 3 rings (SSSR count).